The average molecular weight is 603 g/mol. The number of benzene rings is 2. The Kier molecular flexibility index (Phi) is 7.47. The third-order valence-corrected chi connectivity index (χ3v) is 10.2. The number of rotatable bonds is 7. The number of aryl methyl sites for hydroxylation is 1. The van der Waals surface area contributed by atoms with Crippen LogP contribution in [0.25, 0.3) is 28.1 Å². The van der Waals surface area contributed by atoms with E-state index in [0.29, 0.717) is 46.7 Å². The molecule has 11 heteroatoms. The van der Waals surface area contributed by atoms with Crippen LogP contribution in [0.4, 0.5) is 0 Å². The van der Waals surface area contributed by atoms with Crippen molar-refractivity contribution in [2.24, 2.45) is 0 Å². The summed E-state index contributed by atoms with van der Waals surface area (Å²) < 4.78 is 38.9. The third kappa shape index (κ3) is 4.86. The number of hydrogen-bond acceptors (Lipinski definition) is 8. The molecule has 1 saturated heterocycles. The topological polar surface area (TPSA) is 111 Å². The Morgan fingerprint density at radius 1 is 1.02 bits per heavy atom. The largest absolute Gasteiger partial charge is 0.616 e. The lowest BCUT2D eigenvalue weighted by Crippen LogP contribution is -2.56. The van der Waals surface area contributed by atoms with E-state index >= 15 is 0 Å². The van der Waals surface area contributed by atoms with Gasteiger partial charge in [-0.25, -0.2) is 4.68 Å². The molecule has 4 heterocycles. The number of nitrogens with zero attached hydrogens (tertiary/aromatic N) is 4. The first-order valence-electron chi connectivity index (χ1n) is 13.9. The summed E-state index contributed by atoms with van der Waals surface area (Å²) in [6.45, 7) is 6.50. The van der Waals surface area contributed by atoms with Gasteiger partial charge in [0.1, 0.15) is 41.1 Å². The first-order valence-corrected chi connectivity index (χ1v) is 15.3. The van der Waals surface area contributed by atoms with Crippen molar-refractivity contribution < 1.29 is 28.3 Å². The summed E-state index contributed by atoms with van der Waals surface area (Å²) in [5, 5.41) is 4.61. The number of carbonyl (C=O) groups is 1. The highest BCUT2D eigenvalue weighted by molar-refractivity contribution is 7.91. The Morgan fingerprint density at radius 2 is 1.77 bits per heavy atom. The fourth-order valence-corrected chi connectivity index (χ4v) is 7.85. The van der Waals surface area contributed by atoms with E-state index in [2.05, 4.69) is 11.1 Å². The molecule has 6 rings (SSSR count). The van der Waals surface area contributed by atoms with Gasteiger partial charge in [0.25, 0.3) is 0 Å². The smallest absolute Gasteiger partial charge is 0.210 e. The van der Waals surface area contributed by atoms with Gasteiger partial charge < -0.3 is 28.4 Å². The Balaban J connectivity index is 1.65. The molecule has 2 unspecified atom stereocenters. The second-order valence-electron chi connectivity index (χ2n) is 11.2. The van der Waals surface area contributed by atoms with Crippen molar-refractivity contribution in [3.8, 4) is 51.1 Å². The highest BCUT2D eigenvalue weighted by Crippen LogP contribution is 2.50. The summed E-state index contributed by atoms with van der Waals surface area (Å²) in [7, 11) is 4.83. The molecule has 43 heavy (non-hydrogen) atoms. The maximum absolute atomic E-state index is 13.7. The highest BCUT2D eigenvalue weighted by Gasteiger charge is 2.51. The quantitative estimate of drug-likeness (QED) is 0.218. The molecular weight excluding hydrogens is 568 g/mol. The van der Waals surface area contributed by atoms with Crippen molar-refractivity contribution in [1.29, 1.82) is 0 Å². The Bertz CT molecular complexity index is 1680. The van der Waals surface area contributed by atoms with Gasteiger partial charge in [-0.1, -0.05) is 0 Å². The minimum Gasteiger partial charge on any atom is -0.616 e. The highest BCUT2D eigenvalue weighted by atomic mass is 32.2. The molecule has 2 aliphatic rings. The molecule has 0 radical (unpaired) electrons. The lowest BCUT2D eigenvalue weighted by Gasteiger charge is -2.45. The zero-order chi connectivity index (χ0) is 30.5. The van der Waals surface area contributed by atoms with E-state index in [1.54, 1.807) is 38.5 Å². The van der Waals surface area contributed by atoms with Crippen molar-refractivity contribution in [3.05, 3.63) is 65.6 Å². The number of hydrogen-bond donors (Lipinski definition) is 0. The van der Waals surface area contributed by atoms with E-state index in [-0.39, 0.29) is 6.61 Å². The maximum Gasteiger partial charge on any atom is 0.210 e. The lowest BCUT2D eigenvalue weighted by molar-refractivity contribution is -0.123. The van der Waals surface area contributed by atoms with E-state index in [0.717, 1.165) is 39.9 Å². The molecule has 0 spiro atoms. The SMILES string of the molecule is COc1cc(OC)cc(-n2nc(C3[S+]([O-])CCN(C=O)C3(C)C)c3c2-c2cc(-c4cncc(C)c4)c(OC)cc2OC3)c1. The summed E-state index contributed by atoms with van der Waals surface area (Å²) in [6, 6.07) is 11.5. The van der Waals surface area contributed by atoms with Crippen molar-refractivity contribution >= 4 is 17.6 Å². The molecule has 2 aliphatic heterocycles. The second-order valence-corrected chi connectivity index (χ2v) is 12.8. The number of aromatic nitrogens is 3. The first-order chi connectivity index (χ1) is 20.7. The van der Waals surface area contributed by atoms with Crippen molar-refractivity contribution in [3.63, 3.8) is 0 Å². The van der Waals surface area contributed by atoms with E-state index in [1.807, 2.05) is 55.9 Å². The maximum atomic E-state index is 13.7. The molecule has 1 amide bonds. The van der Waals surface area contributed by atoms with Crippen LogP contribution in [0.5, 0.6) is 23.0 Å². The van der Waals surface area contributed by atoms with Gasteiger partial charge in [-0.2, -0.15) is 5.10 Å². The van der Waals surface area contributed by atoms with Crippen LogP contribution >= 0.6 is 0 Å². The second kappa shape index (κ2) is 11.1. The summed E-state index contributed by atoms with van der Waals surface area (Å²) in [6.07, 6.45) is 4.45. The van der Waals surface area contributed by atoms with Crippen LogP contribution in [0.2, 0.25) is 0 Å². The van der Waals surface area contributed by atoms with Gasteiger partial charge in [-0.15, -0.1) is 0 Å². The van der Waals surface area contributed by atoms with Crippen molar-refractivity contribution in [2.45, 2.75) is 38.2 Å². The average Bonchev–Trinajstić information content (AvgIpc) is 3.39. The fourth-order valence-electron chi connectivity index (χ4n) is 6.02. The molecule has 2 aromatic heterocycles. The molecule has 0 aliphatic carbocycles. The minimum absolute atomic E-state index is 0.206. The Hall–Kier alpha value is -4.22. The van der Waals surface area contributed by atoms with Crippen molar-refractivity contribution in [2.75, 3.05) is 33.6 Å². The lowest BCUT2D eigenvalue weighted by atomic mass is 9.91. The number of carbonyl (C=O) groups excluding carboxylic acids is 1. The van der Waals surface area contributed by atoms with E-state index in [9.17, 15) is 9.35 Å². The van der Waals surface area contributed by atoms with E-state index in [1.165, 1.54) is 0 Å². The normalized spacial score (nSPS) is 18.7. The molecule has 0 bridgehead atoms. The van der Waals surface area contributed by atoms with Gasteiger partial charge in [0.15, 0.2) is 5.25 Å². The molecular formula is C32H34N4O6S. The molecule has 0 N–H and O–H groups in total. The zero-order valence-corrected chi connectivity index (χ0v) is 25.9. The van der Waals surface area contributed by atoms with Gasteiger partial charge in [0.2, 0.25) is 6.41 Å². The van der Waals surface area contributed by atoms with Gasteiger partial charge in [0.05, 0.1) is 44.8 Å². The Labute approximate surface area is 253 Å². The van der Waals surface area contributed by atoms with Crippen LogP contribution < -0.4 is 18.9 Å². The van der Waals surface area contributed by atoms with E-state index < -0.39 is 22.0 Å². The number of pyridine rings is 1. The molecule has 2 atom stereocenters. The summed E-state index contributed by atoms with van der Waals surface area (Å²) in [5.41, 5.74) is 5.76. The predicted octanol–water partition coefficient (Wildman–Crippen LogP) is 4.87. The fraction of sp³-hybridized carbons (Fsp3) is 0.344. The van der Waals surface area contributed by atoms with Crippen LogP contribution in [0.1, 0.15) is 35.9 Å². The summed E-state index contributed by atoms with van der Waals surface area (Å²) in [5.74, 6) is 2.85. The third-order valence-electron chi connectivity index (χ3n) is 8.26. The number of amides is 1. The van der Waals surface area contributed by atoms with Gasteiger partial charge in [-0.3, -0.25) is 9.78 Å². The standard InChI is InChI=1S/C32H34N4O6S/c1-19-9-20(16-33-15-19)24-13-25-28(14-27(24)41-6)42-17-26-29(31-32(2,3)35(18-37)7-8-43(31)38)34-36(30(25)26)21-10-22(39-4)12-23(11-21)40-5/h9-16,18,31H,7-8,17H2,1-6H3. The predicted molar refractivity (Wildman–Crippen MR) is 164 cm³/mol. The van der Waals surface area contributed by atoms with Crippen LogP contribution in [0, 0.1) is 6.92 Å². The first kappa shape index (κ1) is 28.9. The van der Waals surface area contributed by atoms with Crippen LogP contribution in [-0.2, 0) is 22.6 Å². The molecule has 4 aromatic rings. The van der Waals surface area contributed by atoms with Crippen LogP contribution in [-0.4, -0.2) is 69.8 Å². The molecule has 224 valence electrons. The Morgan fingerprint density at radius 3 is 2.42 bits per heavy atom. The van der Waals surface area contributed by atoms with Crippen LogP contribution in [0.3, 0.4) is 0 Å². The number of fused-ring (bicyclic) bond motifs is 3. The number of ether oxygens (including phenoxy) is 4. The molecule has 0 saturated carbocycles. The monoisotopic (exact) mass is 602 g/mol. The van der Waals surface area contributed by atoms with Crippen LogP contribution in [0.15, 0.2) is 48.8 Å². The molecule has 10 nitrogen and oxygen atoms in total. The minimum atomic E-state index is -1.28. The summed E-state index contributed by atoms with van der Waals surface area (Å²) >= 11 is -1.28. The number of methoxy groups -OCH3 is 3. The van der Waals surface area contributed by atoms with E-state index in [4.69, 9.17) is 24.0 Å². The van der Waals surface area contributed by atoms with Gasteiger partial charge in [0, 0.05) is 58.9 Å². The van der Waals surface area contributed by atoms with Gasteiger partial charge in [-0.05, 0) is 49.6 Å². The van der Waals surface area contributed by atoms with Crippen molar-refractivity contribution in [1.82, 2.24) is 19.7 Å². The van der Waals surface area contributed by atoms with Gasteiger partial charge >= 0.3 is 0 Å². The molecule has 1 fully saturated rings. The summed E-state index contributed by atoms with van der Waals surface area (Å²) in [4.78, 5) is 18.2. The zero-order valence-electron chi connectivity index (χ0n) is 25.0. The molecule has 2 aromatic carbocycles.